The van der Waals surface area contributed by atoms with Crippen LogP contribution in [-0.2, 0) is 11.2 Å². The third kappa shape index (κ3) is 3.56. The van der Waals surface area contributed by atoms with Crippen LogP contribution >= 0.6 is 0 Å². The number of carbonyl (C=O) groups is 1. The molecule has 0 atom stereocenters. The number of methoxy groups -OCH3 is 1. The number of amides is 1. The Morgan fingerprint density at radius 2 is 1.92 bits per heavy atom. The van der Waals surface area contributed by atoms with Gasteiger partial charge in [0.2, 0.25) is 11.8 Å². The molecule has 0 saturated heterocycles. The van der Waals surface area contributed by atoms with Crippen LogP contribution in [0.15, 0.2) is 47.4 Å². The molecule has 0 bridgehead atoms. The smallest absolute Gasteiger partial charge is 0.274 e. The highest BCUT2D eigenvalue weighted by molar-refractivity contribution is 5.95. The van der Waals surface area contributed by atoms with Crippen LogP contribution in [0.4, 0.5) is 5.69 Å². The van der Waals surface area contributed by atoms with Crippen LogP contribution in [0.1, 0.15) is 25.6 Å². The number of ether oxygens (including phenoxy) is 1. The van der Waals surface area contributed by atoms with Gasteiger partial charge in [-0.3, -0.25) is 9.59 Å². The zero-order valence-electron chi connectivity index (χ0n) is 14.9. The van der Waals surface area contributed by atoms with Crippen LogP contribution in [0, 0.1) is 0 Å². The van der Waals surface area contributed by atoms with Gasteiger partial charge in [0.25, 0.3) is 5.56 Å². The maximum atomic E-state index is 12.5. The fourth-order valence-electron chi connectivity index (χ4n) is 2.69. The Balaban J connectivity index is 1.90. The van der Waals surface area contributed by atoms with E-state index in [1.807, 2.05) is 26.0 Å². The second-order valence-electron chi connectivity index (χ2n) is 6.15. The molecule has 3 aromatic rings. The number of anilines is 1. The third-order valence-corrected chi connectivity index (χ3v) is 3.95. The maximum absolute atomic E-state index is 12.5. The van der Waals surface area contributed by atoms with Crippen molar-refractivity contribution in [2.24, 2.45) is 0 Å². The molecule has 3 rings (SSSR count). The van der Waals surface area contributed by atoms with Crippen LogP contribution in [0.3, 0.4) is 0 Å². The number of pyridine rings is 1. The number of fused-ring (bicyclic) bond motifs is 1. The first kappa shape index (κ1) is 17.6. The molecule has 0 saturated carbocycles. The molecule has 2 aromatic heterocycles. The Kier molecular flexibility index (Phi) is 4.97. The minimum atomic E-state index is -0.233. The van der Waals surface area contributed by atoms with E-state index in [9.17, 15) is 9.59 Å². The quantitative estimate of drug-likeness (QED) is 0.763. The highest BCUT2D eigenvalue weighted by atomic mass is 16.5. The van der Waals surface area contributed by atoms with Gasteiger partial charge < -0.3 is 10.1 Å². The SMILES string of the molecule is COc1ccc(NC(=O)Cc2nn(C(C)C)c(=O)c3ccccc23)cn1. The number of aromatic nitrogens is 3. The van der Waals surface area contributed by atoms with E-state index in [0.717, 1.165) is 0 Å². The molecular formula is C19H20N4O3. The van der Waals surface area contributed by atoms with Crippen molar-refractivity contribution in [1.82, 2.24) is 14.8 Å². The van der Waals surface area contributed by atoms with E-state index < -0.39 is 0 Å². The van der Waals surface area contributed by atoms with Crippen molar-refractivity contribution in [3.63, 3.8) is 0 Å². The van der Waals surface area contributed by atoms with Crippen molar-refractivity contribution < 1.29 is 9.53 Å². The van der Waals surface area contributed by atoms with Crippen molar-refractivity contribution in [3.05, 3.63) is 58.6 Å². The van der Waals surface area contributed by atoms with Gasteiger partial charge in [-0.15, -0.1) is 0 Å². The molecule has 0 unspecified atom stereocenters. The van der Waals surface area contributed by atoms with E-state index in [1.165, 1.54) is 18.0 Å². The van der Waals surface area contributed by atoms with Crippen LogP contribution < -0.4 is 15.6 Å². The number of hydrogen-bond acceptors (Lipinski definition) is 5. The number of nitrogens with zero attached hydrogens (tertiary/aromatic N) is 3. The molecule has 1 aromatic carbocycles. The van der Waals surface area contributed by atoms with Gasteiger partial charge in [-0.1, -0.05) is 18.2 Å². The van der Waals surface area contributed by atoms with Crippen molar-refractivity contribution in [1.29, 1.82) is 0 Å². The molecule has 0 aliphatic heterocycles. The molecule has 7 heteroatoms. The van der Waals surface area contributed by atoms with E-state index in [-0.39, 0.29) is 23.9 Å². The van der Waals surface area contributed by atoms with Crippen LogP contribution in [0.2, 0.25) is 0 Å². The lowest BCUT2D eigenvalue weighted by Crippen LogP contribution is -2.27. The Morgan fingerprint density at radius 1 is 1.19 bits per heavy atom. The zero-order valence-corrected chi connectivity index (χ0v) is 14.9. The number of carbonyl (C=O) groups excluding carboxylic acids is 1. The van der Waals surface area contributed by atoms with Gasteiger partial charge in [0, 0.05) is 11.5 Å². The van der Waals surface area contributed by atoms with Gasteiger partial charge in [-0.05, 0) is 26.0 Å². The summed E-state index contributed by atoms with van der Waals surface area (Å²) >= 11 is 0. The van der Waals surface area contributed by atoms with Gasteiger partial charge in [0.05, 0.1) is 42.5 Å². The van der Waals surface area contributed by atoms with Crippen molar-refractivity contribution in [2.45, 2.75) is 26.3 Å². The summed E-state index contributed by atoms with van der Waals surface area (Å²) in [4.78, 5) is 29.0. The zero-order chi connectivity index (χ0) is 18.7. The van der Waals surface area contributed by atoms with E-state index in [1.54, 1.807) is 24.3 Å². The maximum Gasteiger partial charge on any atom is 0.274 e. The number of nitrogens with one attached hydrogen (secondary N) is 1. The fraction of sp³-hybridized carbons (Fsp3) is 0.263. The van der Waals surface area contributed by atoms with Crippen molar-refractivity contribution in [2.75, 3.05) is 12.4 Å². The first-order valence-corrected chi connectivity index (χ1v) is 8.30. The Morgan fingerprint density at radius 3 is 2.54 bits per heavy atom. The second kappa shape index (κ2) is 7.35. The Labute approximate surface area is 150 Å². The normalized spacial score (nSPS) is 10.9. The van der Waals surface area contributed by atoms with Gasteiger partial charge in [0.1, 0.15) is 0 Å². The summed E-state index contributed by atoms with van der Waals surface area (Å²) in [5.74, 6) is 0.239. The van der Waals surface area contributed by atoms with Crippen molar-refractivity contribution in [3.8, 4) is 5.88 Å². The molecule has 134 valence electrons. The minimum absolute atomic E-state index is 0.0551. The van der Waals surface area contributed by atoms with Crippen LogP contribution in [0.25, 0.3) is 10.8 Å². The summed E-state index contributed by atoms with van der Waals surface area (Å²) < 4.78 is 6.42. The molecule has 1 amide bonds. The summed E-state index contributed by atoms with van der Waals surface area (Å²) in [6.45, 7) is 3.77. The Hall–Kier alpha value is -3.22. The molecule has 0 fully saturated rings. The number of benzene rings is 1. The standard InChI is InChI=1S/C19H20N4O3/c1-12(2)23-19(25)15-7-5-4-6-14(15)16(22-23)10-17(24)21-13-8-9-18(26-3)20-11-13/h4-9,11-12H,10H2,1-3H3,(H,21,24). The summed E-state index contributed by atoms with van der Waals surface area (Å²) in [6, 6.07) is 10.5. The van der Waals surface area contributed by atoms with Crippen LogP contribution in [0.5, 0.6) is 5.88 Å². The molecule has 0 aliphatic rings. The van der Waals surface area contributed by atoms with Crippen molar-refractivity contribution >= 4 is 22.4 Å². The van der Waals surface area contributed by atoms with Gasteiger partial charge >= 0.3 is 0 Å². The highest BCUT2D eigenvalue weighted by Gasteiger charge is 2.15. The topological polar surface area (TPSA) is 86.1 Å². The Bertz CT molecular complexity index is 994. The predicted octanol–water partition coefficient (Wildman–Crippen LogP) is 2.56. The first-order valence-electron chi connectivity index (χ1n) is 8.30. The molecule has 0 spiro atoms. The fourth-order valence-corrected chi connectivity index (χ4v) is 2.69. The summed E-state index contributed by atoms with van der Waals surface area (Å²) in [5, 5.41) is 8.45. The predicted molar refractivity (Wildman–Crippen MR) is 99.5 cm³/mol. The molecule has 1 N–H and O–H groups in total. The number of hydrogen-bond donors (Lipinski definition) is 1. The molecule has 2 heterocycles. The van der Waals surface area contributed by atoms with Crippen LogP contribution in [-0.4, -0.2) is 27.8 Å². The van der Waals surface area contributed by atoms with E-state index >= 15 is 0 Å². The molecule has 0 aliphatic carbocycles. The summed E-state index contributed by atoms with van der Waals surface area (Å²) in [6.07, 6.45) is 1.58. The minimum Gasteiger partial charge on any atom is -0.481 e. The van der Waals surface area contributed by atoms with E-state index in [2.05, 4.69) is 15.4 Å². The average molecular weight is 352 g/mol. The lowest BCUT2D eigenvalue weighted by atomic mass is 10.1. The molecule has 26 heavy (non-hydrogen) atoms. The number of rotatable bonds is 5. The van der Waals surface area contributed by atoms with Gasteiger partial charge in [0.15, 0.2) is 0 Å². The molecular weight excluding hydrogens is 332 g/mol. The largest absolute Gasteiger partial charge is 0.481 e. The average Bonchev–Trinajstić information content (AvgIpc) is 2.64. The summed E-state index contributed by atoms with van der Waals surface area (Å²) in [7, 11) is 1.53. The lowest BCUT2D eigenvalue weighted by molar-refractivity contribution is -0.115. The van der Waals surface area contributed by atoms with Gasteiger partial charge in [-0.25, -0.2) is 9.67 Å². The lowest BCUT2D eigenvalue weighted by Gasteiger charge is -2.13. The molecule has 7 nitrogen and oxygen atoms in total. The highest BCUT2D eigenvalue weighted by Crippen LogP contribution is 2.16. The summed E-state index contributed by atoms with van der Waals surface area (Å²) in [5.41, 5.74) is 0.976. The molecule has 0 radical (unpaired) electrons. The van der Waals surface area contributed by atoms with E-state index in [4.69, 9.17) is 4.74 Å². The van der Waals surface area contributed by atoms with E-state index in [0.29, 0.717) is 28.0 Å². The second-order valence-corrected chi connectivity index (χ2v) is 6.15. The first-order chi connectivity index (χ1) is 12.5. The third-order valence-electron chi connectivity index (χ3n) is 3.95. The monoisotopic (exact) mass is 352 g/mol. The van der Waals surface area contributed by atoms with Gasteiger partial charge in [-0.2, -0.15) is 5.10 Å².